The number of thiophene rings is 1. The number of aldehydes is 1. The highest BCUT2D eigenvalue weighted by Crippen LogP contribution is 2.28. The van der Waals surface area contributed by atoms with Crippen molar-refractivity contribution in [3.05, 3.63) is 34.7 Å². The van der Waals surface area contributed by atoms with Gasteiger partial charge in [0.15, 0.2) is 17.9 Å². The van der Waals surface area contributed by atoms with Gasteiger partial charge in [0, 0.05) is 21.0 Å². The minimum atomic E-state index is -0.944. The first kappa shape index (κ1) is 8.31. The second kappa shape index (κ2) is 2.88. The van der Waals surface area contributed by atoms with Gasteiger partial charge in [0.25, 0.3) is 0 Å². The monoisotopic (exact) mass is 198 g/mol. The molecule has 0 amide bonds. The highest BCUT2D eigenvalue weighted by atomic mass is 32.1. The molecule has 0 bridgehead atoms. The Morgan fingerprint density at radius 3 is 2.77 bits per heavy atom. The summed E-state index contributed by atoms with van der Waals surface area (Å²) in [5.74, 6) is -1.87. The van der Waals surface area contributed by atoms with Gasteiger partial charge in [-0.3, -0.25) is 4.79 Å². The second-order valence-corrected chi connectivity index (χ2v) is 3.45. The van der Waals surface area contributed by atoms with Crippen LogP contribution in [0.5, 0.6) is 0 Å². The van der Waals surface area contributed by atoms with E-state index in [9.17, 15) is 13.6 Å². The van der Waals surface area contributed by atoms with Crippen molar-refractivity contribution < 1.29 is 13.6 Å². The lowest BCUT2D eigenvalue weighted by Crippen LogP contribution is -1.86. The van der Waals surface area contributed by atoms with Crippen LogP contribution in [0, 0.1) is 11.6 Å². The molecule has 2 rings (SSSR count). The molecule has 1 nitrogen and oxygen atoms in total. The lowest BCUT2D eigenvalue weighted by Gasteiger charge is -1.94. The van der Waals surface area contributed by atoms with Crippen molar-refractivity contribution in [3.8, 4) is 0 Å². The van der Waals surface area contributed by atoms with Crippen LogP contribution in [0.2, 0.25) is 0 Å². The van der Waals surface area contributed by atoms with E-state index in [2.05, 4.69) is 0 Å². The summed E-state index contributed by atoms with van der Waals surface area (Å²) in [6.07, 6.45) is 0.529. The molecule has 66 valence electrons. The highest BCUT2D eigenvalue weighted by Gasteiger charge is 2.12. The molecule has 0 N–H and O–H groups in total. The lowest BCUT2D eigenvalue weighted by atomic mass is 10.2. The van der Waals surface area contributed by atoms with E-state index in [0.29, 0.717) is 11.0 Å². The van der Waals surface area contributed by atoms with Gasteiger partial charge >= 0.3 is 0 Å². The summed E-state index contributed by atoms with van der Waals surface area (Å²) in [5, 5.41) is 1.60. The Labute approximate surface area is 76.6 Å². The van der Waals surface area contributed by atoms with Crippen LogP contribution in [0.25, 0.3) is 10.1 Å². The summed E-state index contributed by atoms with van der Waals surface area (Å²) < 4.78 is 26.5. The Kier molecular flexibility index (Phi) is 1.84. The minimum absolute atomic E-state index is 0.0833. The van der Waals surface area contributed by atoms with Gasteiger partial charge in [0.2, 0.25) is 0 Å². The van der Waals surface area contributed by atoms with Crippen molar-refractivity contribution >= 4 is 27.7 Å². The van der Waals surface area contributed by atoms with E-state index in [-0.39, 0.29) is 10.9 Å². The molecule has 1 aromatic heterocycles. The Hall–Kier alpha value is -1.29. The Morgan fingerprint density at radius 2 is 2.08 bits per heavy atom. The van der Waals surface area contributed by atoms with E-state index in [1.165, 1.54) is 22.8 Å². The van der Waals surface area contributed by atoms with Gasteiger partial charge in [-0.1, -0.05) is 0 Å². The molecule has 2 aromatic rings. The Morgan fingerprint density at radius 1 is 1.31 bits per heavy atom. The third-order valence-electron chi connectivity index (χ3n) is 1.79. The fourth-order valence-corrected chi connectivity index (χ4v) is 2.07. The van der Waals surface area contributed by atoms with E-state index in [1.54, 1.807) is 0 Å². The molecule has 0 saturated carbocycles. The number of hydrogen-bond acceptors (Lipinski definition) is 2. The van der Waals surface area contributed by atoms with Crippen LogP contribution in [-0.4, -0.2) is 6.29 Å². The zero-order chi connectivity index (χ0) is 9.42. The Bertz CT molecular complexity index is 476. The van der Waals surface area contributed by atoms with Crippen molar-refractivity contribution in [2.24, 2.45) is 0 Å². The number of hydrogen-bond donors (Lipinski definition) is 0. The number of benzene rings is 1. The number of carbonyl (C=O) groups is 1. The maximum absolute atomic E-state index is 13.2. The normalized spacial score (nSPS) is 10.6. The molecule has 4 heteroatoms. The average Bonchev–Trinajstić information content (AvgIpc) is 2.55. The predicted octanol–water partition coefficient (Wildman–Crippen LogP) is 2.99. The summed E-state index contributed by atoms with van der Waals surface area (Å²) in [4.78, 5) is 10.5. The molecule has 0 saturated heterocycles. The topological polar surface area (TPSA) is 17.1 Å². The van der Waals surface area contributed by atoms with Crippen LogP contribution >= 0.6 is 11.3 Å². The van der Waals surface area contributed by atoms with Crippen molar-refractivity contribution in [2.45, 2.75) is 0 Å². The molecular weight excluding hydrogens is 194 g/mol. The average molecular weight is 198 g/mol. The van der Waals surface area contributed by atoms with Crippen LogP contribution in [-0.2, 0) is 0 Å². The molecule has 0 spiro atoms. The van der Waals surface area contributed by atoms with Crippen LogP contribution in [0.4, 0.5) is 8.78 Å². The molecular formula is C9H4F2OS. The smallest absolute Gasteiger partial charge is 0.168 e. The molecule has 0 fully saturated rings. The predicted molar refractivity (Wildman–Crippen MR) is 47.1 cm³/mol. The minimum Gasteiger partial charge on any atom is -0.298 e. The molecule has 0 unspecified atom stereocenters. The molecule has 1 heterocycles. The quantitative estimate of drug-likeness (QED) is 0.644. The van der Waals surface area contributed by atoms with E-state index < -0.39 is 11.6 Å². The van der Waals surface area contributed by atoms with Gasteiger partial charge in [-0.05, 0) is 12.1 Å². The van der Waals surface area contributed by atoms with Gasteiger partial charge in [-0.15, -0.1) is 11.3 Å². The second-order valence-electron chi connectivity index (χ2n) is 2.54. The van der Waals surface area contributed by atoms with E-state index in [1.807, 2.05) is 0 Å². The summed E-state index contributed by atoms with van der Waals surface area (Å²) >= 11 is 1.22. The molecule has 0 aliphatic carbocycles. The number of halogens is 2. The first-order valence-corrected chi connectivity index (χ1v) is 4.42. The zero-order valence-corrected chi connectivity index (χ0v) is 7.20. The van der Waals surface area contributed by atoms with Crippen LogP contribution in [0.15, 0.2) is 17.5 Å². The first-order valence-electron chi connectivity index (χ1n) is 3.54. The maximum atomic E-state index is 13.2. The van der Waals surface area contributed by atoms with Gasteiger partial charge in [0.1, 0.15) is 0 Å². The standard InChI is InChI=1S/C9H4F2OS/c10-6-1-2-7-8(9(6)11)5(3-12)4-13-7/h1-4H. The lowest BCUT2D eigenvalue weighted by molar-refractivity contribution is 0.112. The van der Waals surface area contributed by atoms with Crippen LogP contribution in [0.1, 0.15) is 10.4 Å². The molecule has 0 atom stereocenters. The molecule has 1 aromatic carbocycles. The van der Waals surface area contributed by atoms with Crippen molar-refractivity contribution in [3.63, 3.8) is 0 Å². The van der Waals surface area contributed by atoms with Gasteiger partial charge < -0.3 is 0 Å². The van der Waals surface area contributed by atoms with Crippen molar-refractivity contribution in [1.82, 2.24) is 0 Å². The van der Waals surface area contributed by atoms with Crippen LogP contribution < -0.4 is 0 Å². The maximum Gasteiger partial charge on any atom is 0.168 e. The highest BCUT2D eigenvalue weighted by molar-refractivity contribution is 7.17. The largest absolute Gasteiger partial charge is 0.298 e. The van der Waals surface area contributed by atoms with E-state index in [0.717, 1.165) is 6.07 Å². The fourth-order valence-electron chi connectivity index (χ4n) is 1.17. The zero-order valence-electron chi connectivity index (χ0n) is 6.38. The Balaban J connectivity index is 2.93. The molecule has 0 aliphatic rings. The summed E-state index contributed by atoms with van der Waals surface area (Å²) in [6.45, 7) is 0. The summed E-state index contributed by atoms with van der Waals surface area (Å²) in [5.41, 5.74) is 0.206. The number of rotatable bonds is 1. The van der Waals surface area contributed by atoms with Crippen molar-refractivity contribution in [1.29, 1.82) is 0 Å². The SMILES string of the molecule is O=Cc1csc2ccc(F)c(F)c12. The molecule has 0 aliphatic heterocycles. The number of fused-ring (bicyclic) bond motifs is 1. The third kappa shape index (κ3) is 1.14. The summed E-state index contributed by atoms with van der Waals surface area (Å²) in [6, 6.07) is 2.52. The molecule has 13 heavy (non-hydrogen) atoms. The van der Waals surface area contributed by atoms with Gasteiger partial charge in [-0.2, -0.15) is 0 Å². The molecule has 0 radical (unpaired) electrons. The van der Waals surface area contributed by atoms with E-state index >= 15 is 0 Å². The van der Waals surface area contributed by atoms with Crippen molar-refractivity contribution in [2.75, 3.05) is 0 Å². The first-order chi connectivity index (χ1) is 6.24. The summed E-state index contributed by atoms with van der Waals surface area (Å²) in [7, 11) is 0. The fraction of sp³-hybridized carbons (Fsp3) is 0. The third-order valence-corrected chi connectivity index (χ3v) is 2.75. The van der Waals surface area contributed by atoms with Gasteiger partial charge in [-0.25, -0.2) is 8.78 Å². The van der Waals surface area contributed by atoms with E-state index in [4.69, 9.17) is 0 Å². The number of carbonyl (C=O) groups excluding carboxylic acids is 1. The van der Waals surface area contributed by atoms with Crippen LogP contribution in [0.3, 0.4) is 0 Å². The van der Waals surface area contributed by atoms with Gasteiger partial charge in [0.05, 0.1) is 0 Å².